The normalized spacial score (nSPS) is 26.6. The summed E-state index contributed by atoms with van der Waals surface area (Å²) in [5.41, 5.74) is 1.03. The second-order valence-corrected chi connectivity index (χ2v) is 6.28. The number of benzene rings is 1. The number of allylic oxidation sites excluding steroid dienone is 2. The Bertz CT molecular complexity index is 553. The van der Waals surface area contributed by atoms with E-state index >= 15 is 0 Å². The maximum atomic E-state index is 14.5. The number of ether oxygens (including phenoxy) is 2. The average molecular weight is 304 g/mol. The van der Waals surface area contributed by atoms with Gasteiger partial charge in [0.25, 0.3) is 0 Å². The minimum absolute atomic E-state index is 0.117. The fourth-order valence-corrected chi connectivity index (χ4v) is 3.66. The molecule has 0 N–H and O–H groups in total. The third-order valence-corrected chi connectivity index (χ3v) is 4.76. The molecule has 3 rings (SSSR count). The van der Waals surface area contributed by atoms with Crippen molar-refractivity contribution in [3.8, 4) is 11.5 Å². The Morgan fingerprint density at radius 1 is 1.32 bits per heavy atom. The van der Waals surface area contributed by atoms with Gasteiger partial charge >= 0.3 is 0 Å². The first kappa shape index (κ1) is 15.4. The van der Waals surface area contributed by atoms with E-state index in [9.17, 15) is 4.39 Å². The lowest BCUT2D eigenvalue weighted by atomic mass is 9.77. The zero-order valence-corrected chi connectivity index (χ0v) is 13.5. The molecule has 2 nitrogen and oxygen atoms in total. The molecule has 0 spiro atoms. The summed E-state index contributed by atoms with van der Waals surface area (Å²) in [5, 5.41) is 0. The predicted octanol–water partition coefficient (Wildman–Crippen LogP) is 5.23. The van der Waals surface area contributed by atoms with Gasteiger partial charge in [-0.2, -0.15) is 4.39 Å². The summed E-state index contributed by atoms with van der Waals surface area (Å²) in [6.45, 7) is 4.52. The van der Waals surface area contributed by atoms with E-state index in [0.717, 1.165) is 24.8 Å². The topological polar surface area (TPSA) is 18.5 Å². The van der Waals surface area contributed by atoms with E-state index < -0.39 is 0 Å². The second-order valence-electron chi connectivity index (χ2n) is 6.28. The van der Waals surface area contributed by atoms with Crippen LogP contribution in [0.1, 0.15) is 57.4 Å². The molecule has 0 saturated heterocycles. The predicted molar refractivity (Wildman–Crippen MR) is 86.1 cm³/mol. The van der Waals surface area contributed by atoms with Gasteiger partial charge in [0.15, 0.2) is 11.5 Å². The van der Waals surface area contributed by atoms with Crippen molar-refractivity contribution >= 4 is 0 Å². The minimum atomic E-state index is -0.327. The molecule has 0 radical (unpaired) electrons. The van der Waals surface area contributed by atoms with Crippen LogP contribution in [0.2, 0.25) is 0 Å². The zero-order chi connectivity index (χ0) is 15.5. The highest BCUT2D eigenvalue weighted by Crippen LogP contribution is 2.49. The van der Waals surface area contributed by atoms with Gasteiger partial charge in [0, 0.05) is 11.5 Å². The van der Waals surface area contributed by atoms with Crippen LogP contribution in [0, 0.1) is 11.7 Å². The Morgan fingerprint density at radius 2 is 2.18 bits per heavy atom. The van der Waals surface area contributed by atoms with Gasteiger partial charge in [0.2, 0.25) is 5.82 Å². The van der Waals surface area contributed by atoms with Gasteiger partial charge in [0.05, 0.1) is 6.61 Å². The van der Waals surface area contributed by atoms with E-state index in [1.54, 1.807) is 6.07 Å². The fraction of sp³-hybridized carbons (Fsp3) is 0.579. The standard InChI is InChI=1S/C19H25FO2/c1-3-5-6-7-13-8-9-14-15-10-11-16(21-4-2)18(20)19(15)22-17(14)12-13/h6-7,10-11,13-14,17H,3-5,8-9,12H2,1-2H3/b7-6+/t13?,14-,17+/m0/s1. The van der Waals surface area contributed by atoms with Gasteiger partial charge in [-0.1, -0.05) is 31.6 Å². The number of unbranched alkanes of at least 4 members (excludes halogenated alkanes) is 1. The maximum absolute atomic E-state index is 14.5. The summed E-state index contributed by atoms with van der Waals surface area (Å²) in [6, 6.07) is 3.73. The van der Waals surface area contributed by atoms with Crippen molar-refractivity contribution in [3.63, 3.8) is 0 Å². The molecule has 1 saturated carbocycles. The average Bonchev–Trinajstić information content (AvgIpc) is 2.89. The molecule has 22 heavy (non-hydrogen) atoms. The zero-order valence-electron chi connectivity index (χ0n) is 13.5. The third-order valence-electron chi connectivity index (χ3n) is 4.76. The van der Waals surface area contributed by atoms with Crippen LogP contribution >= 0.6 is 0 Å². The van der Waals surface area contributed by atoms with E-state index in [1.807, 2.05) is 13.0 Å². The van der Waals surface area contributed by atoms with E-state index in [0.29, 0.717) is 29.9 Å². The van der Waals surface area contributed by atoms with Crippen molar-refractivity contribution in [1.29, 1.82) is 0 Å². The molecule has 2 aliphatic rings. The maximum Gasteiger partial charge on any atom is 0.207 e. The van der Waals surface area contributed by atoms with Gasteiger partial charge in [-0.05, 0) is 44.6 Å². The molecule has 0 aromatic heterocycles. The van der Waals surface area contributed by atoms with Crippen LogP contribution in [0.15, 0.2) is 24.3 Å². The molecule has 1 heterocycles. The molecule has 120 valence electrons. The molecule has 1 aromatic carbocycles. The van der Waals surface area contributed by atoms with Gasteiger partial charge in [0.1, 0.15) is 6.10 Å². The molecular weight excluding hydrogens is 279 g/mol. The molecule has 1 aromatic rings. The molecule has 0 amide bonds. The Labute approximate surface area is 132 Å². The first-order chi connectivity index (χ1) is 10.7. The second kappa shape index (κ2) is 6.72. The molecule has 1 fully saturated rings. The van der Waals surface area contributed by atoms with Crippen molar-refractivity contribution in [2.45, 2.75) is 58.0 Å². The van der Waals surface area contributed by atoms with E-state index in [-0.39, 0.29) is 11.9 Å². The van der Waals surface area contributed by atoms with Crippen LogP contribution in [0.3, 0.4) is 0 Å². The smallest absolute Gasteiger partial charge is 0.207 e. The Morgan fingerprint density at radius 3 is 2.95 bits per heavy atom. The lowest BCUT2D eigenvalue weighted by Crippen LogP contribution is -2.27. The van der Waals surface area contributed by atoms with Crippen LogP contribution in [-0.4, -0.2) is 12.7 Å². The lowest BCUT2D eigenvalue weighted by molar-refractivity contribution is 0.139. The Kier molecular flexibility index (Phi) is 4.70. The van der Waals surface area contributed by atoms with E-state index in [1.165, 1.54) is 12.8 Å². The first-order valence-electron chi connectivity index (χ1n) is 8.53. The summed E-state index contributed by atoms with van der Waals surface area (Å²) in [6.07, 6.45) is 10.3. The van der Waals surface area contributed by atoms with Gasteiger partial charge < -0.3 is 9.47 Å². The number of hydrogen-bond acceptors (Lipinski definition) is 2. The van der Waals surface area contributed by atoms with Crippen LogP contribution < -0.4 is 9.47 Å². The van der Waals surface area contributed by atoms with Crippen molar-refractivity contribution in [2.24, 2.45) is 5.92 Å². The molecule has 3 heteroatoms. The minimum Gasteiger partial charge on any atom is -0.491 e. The van der Waals surface area contributed by atoms with E-state index in [4.69, 9.17) is 9.47 Å². The van der Waals surface area contributed by atoms with Crippen molar-refractivity contribution in [3.05, 3.63) is 35.7 Å². The SMILES string of the molecule is CCC/C=C/C1CC[C@H]2c3ccc(OCC)c(F)c3O[C@@H]2C1. The highest BCUT2D eigenvalue weighted by atomic mass is 19.1. The Balaban J connectivity index is 1.74. The van der Waals surface area contributed by atoms with Crippen LogP contribution in [-0.2, 0) is 0 Å². The first-order valence-corrected chi connectivity index (χ1v) is 8.53. The molecule has 3 atom stereocenters. The van der Waals surface area contributed by atoms with Gasteiger partial charge in [-0.15, -0.1) is 0 Å². The third kappa shape index (κ3) is 2.86. The van der Waals surface area contributed by atoms with Crippen molar-refractivity contribution < 1.29 is 13.9 Å². The number of rotatable bonds is 5. The highest BCUT2D eigenvalue weighted by Gasteiger charge is 2.40. The van der Waals surface area contributed by atoms with E-state index in [2.05, 4.69) is 19.1 Å². The van der Waals surface area contributed by atoms with Crippen LogP contribution in [0.4, 0.5) is 4.39 Å². The molecule has 1 aliphatic heterocycles. The van der Waals surface area contributed by atoms with Crippen LogP contribution in [0.25, 0.3) is 0 Å². The van der Waals surface area contributed by atoms with Gasteiger partial charge in [-0.3, -0.25) is 0 Å². The molecule has 1 aliphatic carbocycles. The number of fused-ring (bicyclic) bond motifs is 3. The summed E-state index contributed by atoms with van der Waals surface area (Å²) >= 11 is 0. The summed E-state index contributed by atoms with van der Waals surface area (Å²) in [4.78, 5) is 0. The van der Waals surface area contributed by atoms with Crippen LogP contribution in [0.5, 0.6) is 11.5 Å². The monoisotopic (exact) mass is 304 g/mol. The number of hydrogen-bond donors (Lipinski definition) is 0. The Hall–Kier alpha value is -1.51. The quantitative estimate of drug-likeness (QED) is 0.694. The largest absolute Gasteiger partial charge is 0.491 e. The summed E-state index contributed by atoms with van der Waals surface area (Å²) in [7, 11) is 0. The lowest BCUT2D eigenvalue weighted by Gasteiger charge is -2.29. The molecule has 1 unspecified atom stereocenters. The van der Waals surface area contributed by atoms with Gasteiger partial charge in [-0.25, -0.2) is 0 Å². The molecular formula is C19H25FO2. The highest BCUT2D eigenvalue weighted by molar-refractivity contribution is 5.48. The summed E-state index contributed by atoms with van der Waals surface area (Å²) < 4.78 is 25.8. The molecule has 0 bridgehead atoms. The summed E-state index contributed by atoms with van der Waals surface area (Å²) in [5.74, 6) is 1.32. The van der Waals surface area contributed by atoms with Crippen molar-refractivity contribution in [1.82, 2.24) is 0 Å². The number of halogens is 1. The van der Waals surface area contributed by atoms with Crippen molar-refractivity contribution in [2.75, 3.05) is 6.61 Å². The fourth-order valence-electron chi connectivity index (χ4n) is 3.66.